The molecule has 6 nitrogen and oxygen atoms in total. The Bertz CT molecular complexity index is 1120. The second-order valence-corrected chi connectivity index (χ2v) is 7.73. The van der Waals surface area contributed by atoms with E-state index in [1.165, 1.54) is 11.8 Å². The van der Waals surface area contributed by atoms with Crippen LogP contribution < -0.4 is 4.74 Å². The van der Waals surface area contributed by atoms with E-state index in [1.54, 1.807) is 6.20 Å². The van der Waals surface area contributed by atoms with Gasteiger partial charge in [0.15, 0.2) is 12.4 Å². The fraction of sp³-hybridized carbons (Fsp3) is 0.190. The Morgan fingerprint density at radius 2 is 2.07 bits per heavy atom. The topological polar surface area (TPSA) is 81.0 Å². The van der Waals surface area contributed by atoms with Crippen molar-refractivity contribution in [1.29, 1.82) is 0 Å². The summed E-state index contributed by atoms with van der Waals surface area (Å²) in [6.07, 6.45) is 1.75. The van der Waals surface area contributed by atoms with Gasteiger partial charge in [0.25, 0.3) is 11.1 Å². The molecule has 4 aromatic rings. The van der Waals surface area contributed by atoms with Crippen molar-refractivity contribution in [2.75, 3.05) is 0 Å². The van der Waals surface area contributed by atoms with Gasteiger partial charge < -0.3 is 14.1 Å². The molecule has 1 unspecified atom stereocenters. The maximum Gasteiger partial charge on any atom is 0.277 e. The van der Waals surface area contributed by atoms with Gasteiger partial charge in [0, 0.05) is 22.7 Å². The maximum atomic E-state index is 12.8. The molecular formula is C21H19N3O3S. The molecule has 1 atom stereocenters. The summed E-state index contributed by atoms with van der Waals surface area (Å²) >= 11 is 1.24. The van der Waals surface area contributed by atoms with Gasteiger partial charge in [0.2, 0.25) is 0 Å². The minimum Gasteiger partial charge on any atom is -0.484 e. The number of aromatic amines is 1. The number of ketones is 1. The molecule has 0 saturated heterocycles. The molecular weight excluding hydrogens is 374 g/mol. The molecule has 0 fully saturated rings. The number of rotatable bonds is 7. The zero-order valence-electron chi connectivity index (χ0n) is 15.5. The number of benzene rings is 2. The number of nitrogens with zero attached hydrogens (tertiary/aromatic N) is 2. The summed E-state index contributed by atoms with van der Waals surface area (Å²) in [5.74, 6) is 1.13. The van der Waals surface area contributed by atoms with Crippen LogP contribution in [0.2, 0.25) is 0 Å². The average molecular weight is 393 g/mol. The number of H-pyrrole nitrogens is 1. The molecule has 4 rings (SSSR count). The van der Waals surface area contributed by atoms with Crippen LogP contribution in [0.1, 0.15) is 28.7 Å². The summed E-state index contributed by atoms with van der Waals surface area (Å²) in [6, 6.07) is 15.5. The molecule has 0 spiro atoms. The quantitative estimate of drug-likeness (QED) is 0.359. The molecule has 28 heavy (non-hydrogen) atoms. The van der Waals surface area contributed by atoms with Gasteiger partial charge >= 0.3 is 0 Å². The predicted octanol–water partition coefficient (Wildman–Crippen LogP) is 4.80. The average Bonchev–Trinajstić information content (AvgIpc) is 3.32. The zero-order chi connectivity index (χ0) is 19.5. The third-order valence-electron chi connectivity index (χ3n) is 4.30. The molecule has 0 aliphatic rings. The van der Waals surface area contributed by atoms with Crippen molar-refractivity contribution >= 4 is 28.4 Å². The number of thioether (sulfide) groups is 1. The lowest BCUT2D eigenvalue weighted by Gasteiger charge is -2.06. The Balaban J connectivity index is 1.39. The van der Waals surface area contributed by atoms with E-state index in [1.807, 2.05) is 62.4 Å². The van der Waals surface area contributed by atoms with Crippen molar-refractivity contribution in [1.82, 2.24) is 15.2 Å². The third-order valence-corrected chi connectivity index (χ3v) is 5.24. The molecule has 1 N–H and O–H groups in total. The van der Waals surface area contributed by atoms with Crippen LogP contribution in [-0.4, -0.2) is 26.2 Å². The van der Waals surface area contributed by atoms with Gasteiger partial charge in [-0.25, -0.2) is 0 Å². The number of para-hydroxylation sites is 1. The van der Waals surface area contributed by atoms with Gasteiger partial charge in [-0.1, -0.05) is 42.1 Å². The van der Waals surface area contributed by atoms with Crippen LogP contribution in [0.3, 0.4) is 0 Å². The number of aryl methyl sites for hydroxylation is 1. The SMILES string of the molecule is Cc1cccc(OCc2nnc(SC(C)C(=O)c3c[nH]c4ccccc34)o2)c1. The number of carbonyl (C=O) groups is 1. The van der Waals surface area contributed by atoms with Crippen LogP contribution in [0.4, 0.5) is 0 Å². The van der Waals surface area contributed by atoms with Gasteiger partial charge in [0.05, 0.1) is 5.25 Å². The summed E-state index contributed by atoms with van der Waals surface area (Å²) in [4.78, 5) is 15.9. The number of Topliss-reactive ketones (excluding diaryl/α,β-unsaturated/α-hetero) is 1. The van der Waals surface area contributed by atoms with Crippen LogP contribution in [-0.2, 0) is 6.61 Å². The van der Waals surface area contributed by atoms with Crippen LogP contribution in [0, 0.1) is 6.92 Å². The molecule has 0 aliphatic heterocycles. The monoisotopic (exact) mass is 393 g/mol. The number of nitrogens with one attached hydrogen (secondary N) is 1. The van der Waals surface area contributed by atoms with E-state index < -0.39 is 0 Å². The summed E-state index contributed by atoms with van der Waals surface area (Å²) in [5, 5.41) is 8.93. The van der Waals surface area contributed by atoms with Crippen LogP contribution in [0.25, 0.3) is 10.9 Å². The molecule has 2 aromatic heterocycles. The van der Waals surface area contributed by atoms with Crippen LogP contribution in [0.5, 0.6) is 5.75 Å². The highest BCUT2D eigenvalue weighted by atomic mass is 32.2. The number of carbonyl (C=O) groups excluding carboxylic acids is 1. The lowest BCUT2D eigenvalue weighted by Crippen LogP contribution is -2.13. The van der Waals surface area contributed by atoms with Crippen molar-refractivity contribution in [2.24, 2.45) is 0 Å². The second kappa shape index (κ2) is 7.90. The van der Waals surface area contributed by atoms with Crippen LogP contribution >= 0.6 is 11.8 Å². The normalized spacial score (nSPS) is 12.2. The largest absolute Gasteiger partial charge is 0.484 e. The third kappa shape index (κ3) is 3.94. The number of hydrogen-bond acceptors (Lipinski definition) is 6. The summed E-state index contributed by atoms with van der Waals surface area (Å²) in [6.45, 7) is 4.02. The first-order chi connectivity index (χ1) is 13.6. The number of fused-ring (bicyclic) bond motifs is 1. The van der Waals surface area contributed by atoms with Crippen LogP contribution in [0.15, 0.2) is 64.4 Å². The Morgan fingerprint density at radius 3 is 2.93 bits per heavy atom. The Kier molecular flexibility index (Phi) is 5.16. The first-order valence-corrected chi connectivity index (χ1v) is 9.77. The Morgan fingerprint density at radius 1 is 1.21 bits per heavy atom. The first-order valence-electron chi connectivity index (χ1n) is 8.89. The van der Waals surface area contributed by atoms with E-state index in [2.05, 4.69) is 15.2 Å². The number of hydrogen-bond donors (Lipinski definition) is 1. The van der Waals surface area contributed by atoms with E-state index in [0.717, 1.165) is 22.2 Å². The fourth-order valence-electron chi connectivity index (χ4n) is 2.89. The maximum absolute atomic E-state index is 12.8. The molecule has 2 heterocycles. The summed E-state index contributed by atoms with van der Waals surface area (Å²) < 4.78 is 11.3. The highest BCUT2D eigenvalue weighted by Crippen LogP contribution is 2.27. The highest BCUT2D eigenvalue weighted by Gasteiger charge is 2.22. The molecule has 142 valence electrons. The van der Waals surface area contributed by atoms with E-state index in [-0.39, 0.29) is 17.6 Å². The summed E-state index contributed by atoms with van der Waals surface area (Å²) in [7, 11) is 0. The molecule has 0 saturated carbocycles. The van der Waals surface area contributed by atoms with Gasteiger partial charge in [-0.2, -0.15) is 0 Å². The molecule has 0 radical (unpaired) electrons. The second-order valence-electron chi connectivity index (χ2n) is 6.44. The summed E-state index contributed by atoms with van der Waals surface area (Å²) in [5.41, 5.74) is 2.72. The molecule has 0 amide bonds. The van der Waals surface area contributed by atoms with Crippen molar-refractivity contribution < 1.29 is 13.9 Å². The first kappa shape index (κ1) is 18.3. The zero-order valence-corrected chi connectivity index (χ0v) is 16.3. The van der Waals surface area contributed by atoms with Crippen molar-refractivity contribution in [3.8, 4) is 5.75 Å². The highest BCUT2D eigenvalue weighted by molar-refractivity contribution is 8.00. The van der Waals surface area contributed by atoms with Gasteiger partial charge in [-0.15, -0.1) is 10.2 Å². The van der Waals surface area contributed by atoms with E-state index >= 15 is 0 Å². The smallest absolute Gasteiger partial charge is 0.277 e. The minimum atomic E-state index is -0.356. The van der Waals surface area contributed by atoms with E-state index in [4.69, 9.17) is 9.15 Å². The Hall–Kier alpha value is -3.06. The van der Waals surface area contributed by atoms with Gasteiger partial charge in [0.1, 0.15) is 5.75 Å². The number of ether oxygens (including phenoxy) is 1. The Labute approximate surface area is 166 Å². The van der Waals surface area contributed by atoms with Crippen molar-refractivity contribution in [3.63, 3.8) is 0 Å². The predicted molar refractivity (Wildman–Crippen MR) is 108 cm³/mol. The van der Waals surface area contributed by atoms with E-state index in [0.29, 0.717) is 16.7 Å². The van der Waals surface area contributed by atoms with E-state index in [9.17, 15) is 4.79 Å². The molecule has 0 aliphatic carbocycles. The molecule has 7 heteroatoms. The van der Waals surface area contributed by atoms with Gasteiger partial charge in [-0.3, -0.25) is 4.79 Å². The standard InChI is InChI=1S/C21H19N3O3S/c1-13-6-5-7-15(10-13)26-12-19-23-24-21(27-19)28-14(2)20(25)17-11-22-18-9-4-3-8-16(17)18/h3-11,14,22H,12H2,1-2H3. The van der Waals surface area contributed by atoms with Crippen molar-refractivity contribution in [3.05, 3.63) is 71.7 Å². The molecule has 0 bridgehead atoms. The van der Waals surface area contributed by atoms with Gasteiger partial charge in [-0.05, 0) is 37.6 Å². The lowest BCUT2D eigenvalue weighted by atomic mass is 10.1. The number of aromatic nitrogens is 3. The lowest BCUT2D eigenvalue weighted by molar-refractivity contribution is 0.0995. The van der Waals surface area contributed by atoms with Crippen molar-refractivity contribution in [2.45, 2.75) is 30.9 Å². The molecule has 2 aromatic carbocycles. The minimum absolute atomic E-state index is 0.0122. The fourth-order valence-corrected chi connectivity index (χ4v) is 3.66.